The molecule has 0 radical (unpaired) electrons. The van der Waals surface area contributed by atoms with Crippen molar-refractivity contribution >= 4 is 23.2 Å². The first-order valence-electron chi connectivity index (χ1n) is 7.64. The molecule has 0 aromatic heterocycles. The average Bonchev–Trinajstić information content (AvgIpc) is 2.47. The number of nitrogens with zero attached hydrogens (tertiary/aromatic N) is 1. The van der Waals surface area contributed by atoms with Crippen molar-refractivity contribution in [3.05, 3.63) is 28.8 Å². The third-order valence-corrected chi connectivity index (χ3v) is 4.33. The molecule has 3 nitrogen and oxygen atoms in total. The van der Waals surface area contributed by atoms with Gasteiger partial charge in [-0.15, -0.1) is 0 Å². The van der Waals surface area contributed by atoms with Gasteiger partial charge in [0.1, 0.15) is 0 Å². The fourth-order valence-electron chi connectivity index (χ4n) is 2.62. The van der Waals surface area contributed by atoms with Gasteiger partial charge in [0.05, 0.1) is 11.3 Å². The number of carbonyl (C=O) groups excluding carboxylic acids is 1. The highest BCUT2D eigenvalue weighted by Crippen LogP contribution is 2.36. The van der Waals surface area contributed by atoms with E-state index in [4.69, 9.17) is 11.6 Å². The summed E-state index contributed by atoms with van der Waals surface area (Å²) in [5.74, 6) is 0.278. The number of hydrogen-bond acceptors (Lipinski definition) is 2. The molecule has 23 heavy (non-hydrogen) atoms. The first-order chi connectivity index (χ1) is 10.8. The minimum Gasteiger partial charge on any atom is -0.325 e. The lowest BCUT2D eigenvalue weighted by Crippen LogP contribution is -2.35. The first-order valence-corrected chi connectivity index (χ1v) is 8.02. The van der Waals surface area contributed by atoms with E-state index in [1.165, 1.54) is 12.1 Å². The normalized spacial score (nSPS) is 17.3. The van der Waals surface area contributed by atoms with Crippen LogP contribution in [0, 0.1) is 5.92 Å². The lowest BCUT2D eigenvalue weighted by Gasteiger charge is -2.29. The van der Waals surface area contributed by atoms with Crippen LogP contribution in [0.3, 0.4) is 0 Å². The molecular formula is C16H20ClF3N2O. The summed E-state index contributed by atoms with van der Waals surface area (Å²) in [5, 5.41) is 2.33. The Morgan fingerprint density at radius 1 is 1.35 bits per heavy atom. The molecule has 1 aliphatic rings. The Bertz CT molecular complexity index is 555. The van der Waals surface area contributed by atoms with Gasteiger partial charge in [-0.05, 0) is 50.0 Å². The molecule has 1 N–H and O–H groups in total. The second kappa shape index (κ2) is 7.53. The van der Waals surface area contributed by atoms with E-state index in [9.17, 15) is 18.0 Å². The van der Waals surface area contributed by atoms with Crippen LogP contribution >= 0.6 is 11.6 Å². The highest BCUT2D eigenvalue weighted by Gasteiger charge is 2.34. The van der Waals surface area contributed by atoms with Crippen molar-refractivity contribution in [3.8, 4) is 0 Å². The molecule has 1 saturated heterocycles. The van der Waals surface area contributed by atoms with Gasteiger partial charge in [-0.1, -0.05) is 18.5 Å². The molecular weight excluding hydrogens is 329 g/mol. The summed E-state index contributed by atoms with van der Waals surface area (Å²) in [6.07, 6.45) is -2.20. The van der Waals surface area contributed by atoms with Crippen LogP contribution in [0.4, 0.5) is 18.9 Å². The molecule has 1 amide bonds. The Hall–Kier alpha value is -1.27. The molecule has 128 valence electrons. The van der Waals surface area contributed by atoms with Gasteiger partial charge in [-0.25, -0.2) is 0 Å². The van der Waals surface area contributed by atoms with Gasteiger partial charge in [-0.2, -0.15) is 13.2 Å². The number of alkyl halides is 3. The predicted octanol–water partition coefficient (Wildman–Crippen LogP) is 4.42. The fraction of sp³-hybridized carbons (Fsp3) is 0.562. The first kappa shape index (κ1) is 18.1. The van der Waals surface area contributed by atoms with Crippen LogP contribution in [0.15, 0.2) is 18.2 Å². The molecule has 0 bridgehead atoms. The van der Waals surface area contributed by atoms with Gasteiger partial charge in [0.15, 0.2) is 0 Å². The van der Waals surface area contributed by atoms with Crippen molar-refractivity contribution < 1.29 is 18.0 Å². The van der Waals surface area contributed by atoms with Gasteiger partial charge in [0, 0.05) is 18.0 Å². The zero-order valence-electron chi connectivity index (χ0n) is 12.9. The molecule has 0 aliphatic carbocycles. The number of hydrogen-bond donors (Lipinski definition) is 1. The number of benzene rings is 1. The molecule has 2 rings (SSSR count). The van der Waals surface area contributed by atoms with Crippen LogP contribution in [-0.4, -0.2) is 30.4 Å². The van der Waals surface area contributed by atoms with Crippen molar-refractivity contribution in [2.45, 2.75) is 32.4 Å². The third-order valence-electron chi connectivity index (χ3n) is 4.09. The van der Waals surface area contributed by atoms with Gasteiger partial charge < -0.3 is 10.2 Å². The van der Waals surface area contributed by atoms with E-state index in [1.54, 1.807) is 0 Å². The number of rotatable bonds is 4. The maximum atomic E-state index is 13.0. The predicted molar refractivity (Wildman–Crippen MR) is 84.5 cm³/mol. The number of likely N-dealkylation sites (tertiary alicyclic amines) is 1. The van der Waals surface area contributed by atoms with Crippen LogP contribution in [0.5, 0.6) is 0 Å². The number of nitrogens with one attached hydrogen (secondary N) is 1. The minimum atomic E-state index is -4.56. The molecule has 7 heteroatoms. The third kappa shape index (κ3) is 5.39. The molecule has 1 aliphatic heterocycles. The number of amides is 1. The molecule has 0 spiro atoms. The molecule has 1 aromatic rings. The Kier molecular flexibility index (Phi) is 5.92. The van der Waals surface area contributed by atoms with Crippen molar-refractivity contribution in [3.63, 3.8) is 0 Å². The second-order valence-electron chi connectivity index (χ2n) is 6.01. The van der Waals surface area contributed by atoms with E-state index in [0.717, 1.165) is 32.0 Å². The number of piperidine rings is 1. The van der Waals surface area contributed by atoms with E-state index in [1.807, 2.05) is 0 Å². The quantitative estimate of drug-likeness (QED) is 0.873. The smallest absolute Gasteiger partial charge is 0.325 e. The summed E-state index contributed by atoms with van der Waals surface area (Å²) in [6, 6.07) is 3.34. The average molecular weight is 349 g/mol. The molecule has 1 aromatic carbocycles. The van der Waals surface area contributed by atoms with Crippen LogP contribution in [0.1, 0.15) is 31.7 Å². The summed E-state index contributed by atoms with van der Waals surface area (Å²) in [7, 11) is 0. The monoisotopic (exact) mass is 348 g/mol. The standard InChI is InChI=1S/C16H20ClF3N2O/c1-11-4-7-22(8-5-11)9-6-15(23)21-14-3-2-12(17)10-13(14)16(18,19)20/h2-3,10-11H,4-9H2,1H3,(H,21,23). The summed E-state index contributed by atoms with van der Waals surface area (Å²) in [4.78, 5) is 14.1. The summed E-state index contributed by atoms with van der Waals surface area (Å²) >= 11 is 5.61. The topological polar surface area (TPSA) is 32.3 Å². The summed E-state index contributed by atoms with van der Waals surface area (Å²) in [5.41, 5.74) is -1.18. The maximum Gasteiger partial charge on any atom is 0.418 e. The fourth-order valence-corrected chi connectivity index (χ4v) is 2.79. The highest BCUT2D eigenvalue weighted by molar-refractivity contribution is 6.30. The molecule has 0 saturated carbocycles. The second-order valence-corrected chi connectivity index (χ2v) is 6.45. The molecule has 1 heterocycles. The lowest BCUT2D eigenvalue weighted by molar-refractivity contribution is -0.137. The number of anilines is 1. The van der Waals surface area contributed by atoms with E-state index in [2.05, 4.69) is 17.1 Å². The van der Waals surface area contributed by atoms with Crippen molar-refractivity contribution in [1.29, 1.82) is 0 Å². The Morgan fingerprint density at radius 3 is 2.61 bits per heavy atom. The highest BCUT2D eigenvalue weighted by atomic mass is 35.5. The molecule has 0 unspecified atom stereocenters. The molecule has 1 fully saturated rings. The largest absolute Gasteiger partial charge is 0.418 e. The van der Waals surface area contributed by atoms with E-state index in [-0.39, 0.29) is 17.1 Å². The lowest BCUT2D eigenvalue weighted by atomic mass is 9.99. The summed E-state index contributed by atoms with van der Waals surface area (Å²) < 4.78 is 38.9. The van der Waals surface area contributed by atoms with Crippen LogP contribution in [-0.2, 0) is 11.0 Å². The van der Waals surface area contributed by atoms with Crippen LogP contribution in [0.25, 0.3) is 0 Å². The van der Waals surface area contributed by atoms with Gasteiger partial charge in [0.25, 0.3) is 0 Å². The number of halogens is 4. The van der Waals surface area contributed by atoms with E-state index < -0.39 is 17.6 Å². The van der Waals surface area contributed by atoms with E-state index >= 15 is 0 Å². The zero-order valence-corrected chi connectivity index (χ0v) is 13.7. The van der Waals surface area contributed by atoms with Crippen molar-refractivity contribution in [2.75, 3.05) is 25.0 Å². The Labute approximate surface area is 138 Å². The van der Waals surface area contributed by atoms with Gasteiger partial charge in [-0.3, -0.25) is 4.79 Å². The Morgan fingerprint density at radius 2 is 2.00 bits per heavy atom. The zero-order chi connectivity index (χ0) is 17.0. The molecule has 0 atom stereocenters. The van der Waals surface area contributed by atoms with Gasteiger partial charge in [0.2, 0.25) is 5.91 Å². The van der Waals surface area contributed by atoms with Crippen LogP contribution in [0.2, 0.25) is 5.02 Å². The van der Waals surface area contributed by atoms with Gasteiger partial charge >= 0.3 is 6.18 Å². The SMILES string of the molecule is CC1CCN(CCC(=O)Nc2ccc(Cl)cc2C(F)(F)F)CC1. The van der Waals surface area contributed by atoms with Crippen LogP contribution < -0.4 is 5.32 Å². The summed E-state index contributed by atoms with van der Waals surface area (Å²) in [6.45, 7) is 4.63. The van der Waals surface area contributed by atoms with E-state index in [0.29, 0.717) is 12.5 Å². The van der Waals surface area contributed by atoms with Crippen molar-refractivity contribution in [1.82, 2.24) is 4.90 Å². The maximum absolute atomic E-state index is 13.0. The van der Waals surface area contributed by atoms with Crippen molar-refractivity contribution in [2.24, 2.45) is 5.92 Å². The minimum absolute atomic E-state index is 0.0160. The Balaban J connectivity index is 1.93. The number of carbonyl (C=O) groups is 1.